The number of rotatable bonds is 6. The standard InChI is InChI=1S/C24H24N4O4/c1-15(2)27-13-16(17-8-4-6-10-20(17)27)12-19-23(30)28(24(31)26-19)14-22(29)25-18-9-5-7-11-21(18)32-3/h4-13,15H,14H2,1-3H3,(H,25,29)(H,26,31)/b19-12+. The number of imide groups is 1. The van der Waals surface area contributed by atoms with E-state index in [1.165, 1.54) is 7.11 Å². The van der Waals surface area contributed by atoms with Crippen LogP contribution in [0.15, 0.2) is 60.4 Å². The second-order valence-electron chi connectivity index (χ2n) is 7.73. The smallest absolute Gasteiger partial charge is 0.329 e. The van der Waals surface area contributed by atoms with Crippen molar-refractivity contribution in [3.8, 4) is 5.75 Å². The molecule has 4 rings (SSSR count). The highest BCUT2D eigenvalue weighted by Gasteiger charge is 2.35. The average Bonchev–Trinajstić information content (AvgIpc) is 3.27. The first-order chi connectivity index (χ1) is 15.4. The molecule has 0 saturated carbocycles. The SMILES string of the molecule is COc1ccccc1NC(=O)CN1C(=O)N/C(=C/c2cn(C(C)C)c3ccccc23)C1=O. The van der Waals surface area contributed by atoms with E-state index < -0.39 is 24.4 Å². The molecule has 0 atom stereocenters. The lowest BCUT2D eigenvalue weighted by Crippen LogP contribution is -2.38. The Hall–Kier alpha value is -4.07. The zero-order valence-electron chi connectivity index (χ0n) is 18.1. The number of aromatic nitrogens is 1. The number of benzene rings is 2. The number of anilines is 1. The van der Waals surface area contributed by atoms with Crippen molar-refractivity contribution in [3.63, 3.8) is 0 Å². The number of fused-ring (bicyclic) bond motifs is 1. The van der Waals surface area contributed by atoms with Gasteiger partial charge in [-0.25, -0.2) is 9.69 Å². The number of carbonyl (C=O) groups is 3. The van der Waals surface area contributed by atoms with Crippen LogP contribution in [0.1, 0.15) is 25.5 Å². The van der Waals surface area contributed by atoms with Crippen molar-refractivity contribution in [2.75, 3.05) is 19.0 Å². The molecule has 1 aliphatic heterocycles. The number of carbonyl (C=O) groups excluding carboxylic acids is 3. The minimum Gasteiger partial charge on any atom is -0.495 e. The molecule has 3 aromatic rings. The van der Waals surface area contributed by atoms with Crippen LogP contribution < -0.4 is 15.4 Å². The average molecular weight is 432 g/mol. The number of methoxy groups -OCH3 is 1. The first-order valence-corrected chi connectivity index (χ1v) is 10.3. The second-order valence-corrected chi connectivity index (χ2v) is 7.73. The topological polar surface area (TPSA) is 92.7 Å². The van der Waals surface area contributed by atoms with Crippen molar-refractivity contribution in [1.29, 1.82) is 0 Å². The van der Waals surface area contributed by atoms with Crippen molar-refractivity contribution in [2.45, 2.75) is 19.9 Å². The molecule has 0 aliphatic carbocycles. The third-order valence-electron chi connectivity index (χ3n) is 5.27. The summed E-state index contributed by atoms with van der Waals surface area (Å²) in [6, 6.07) is 14.4. The lowest BCUT2D eigenvalue weighted by Gasteiger charge is -2.13. The molecule has 4 amide bonds. The fraction of sp³-hybridized carbons (Fsp3) is 0.208. The van der Waals surface area contributed by atoms with Crippen LogP contribution >= 0.6 is 0 Å². The zero-order valence-corrected chi connectivity index (χ0v) is 18.1. The molecule has 2 aromatic carbocycles. The van der Waals surface area contributed by atoms with Crippen LogP contribution in [0.4, 0.5) is 10.5 Å². The fourth-order valence-corrected chi connectivity index (χ4v) is 3.73. The summed E-state index contributed by atoms with van der Waals surface area (Å²) in [5.74, 6) is -0.567. The van der Waals surface area contributed by atoms with Gasteiger partial charge in [-0.3, -0.25) is 9.59 Å². The molecular weight excluding hydrogens is 408 g/mol. The molecule has 2 heterocycles. The number of hydrogen-bond donors (Lipinski definition) is 2. The Bertz CT molecular complexity index is 1240. The van der Waals surface area contributed by atoms with E-state index in [1.807, 2.05) is 30.5 Å². The Morgan fingerprint density at radius 2 is 1.84 bits per heavy atom. The van der Waals surface area contributed by atoms with E-state index in [0.29, 0.717) is 11.4 Å². The molecule has 1 saturated heterocycles. The lowest BCUT2D eigenvalue weighted by molar-refractivity contribution is -0.127. The highest BCUT2D eigenvalue weighted by molar-refractivity contribution is 6.16. The number of ether oxygens (including phenoxy) is 1. The van der Waals surface area contributed by atoms with Gasteiger partial charge < -0.3 is 19.9 Å². The van der Waals surface area contributed by atoms with Gasteiger partial charge >= 0.3 is 6.03 Å². The molecular formula is C24H24N4O4. The lowest BCUT2D eigenvalue weighted by atomic mass is 10.1. The van der Waals surface area contributed by atoms with Crippen molar-refractivity contribution in [2.24, 2.45) is 0 Å². The molecule has 0 unspecified atom stereocenters. The number of para-hydroxylation sites is 3. The zero-order chi connectivity index (χ0) is 22.8. The first kappa shape index (κ1) is 21.2. The van der Waals surface area contributed by atoms with E-state index in [2.05, 4.69) is 29.0 Å². The Labute approximate surface area is 185 Å². The highest BCUT2D eigenvalue weighted by atomic mass is 16.5. The molecule has 8 heteroatoms. The van der Waals surface area contributed by atoms with E-state index in [-0.39, 0.29) is 11.7 Å². The summed E-state index contributed by atoms with van der Waals surface area (Å²) in [6.45, 7) is 3.75. The van der Waals surface area contributed by atoms with Gasteiger partial charge in [0.05, 0.1) is 12.8 Å². The van der Waals surface area contributed by atoms with Gasteiger partial charge in [-0.05, 0) is 38.1 Å². The summed E-state index contributed by atoms with van der Waals surface area (Å²) in [6.07, 6.45) is 3.61. The molecule has 164 valence electrons. The van der Waals surface area contributed by atoms with E-state index in [1.54, 1.807) is 30.3 Å². The van der Waals surface area contributed by atoms with Gasteiger partial charge in [0.25, 0.3) is 5.91 Å². The molecule has 32 heavy (non-hydrogen) atoms. The molecule has 1 aliphatic rings. The number of nitrogens with zero attached hydrogens (tertiary/aromatic N) is 2. The molecule has 8 nitrogen and oxygen atoms in total. The van der Waals surface area contributed by atoms with Crippen LogP contribution in [-0.4, -0.2) is 41.0 Å². The summed E-state index contributed by atoms with van der Waals surface area (Å²) >= 11 is 0. The summed E-state index contributed by atoms with van der Waals surface area (Å²) in [5, 5.41) is 6.23. The van der Waals surface area contributed by atoms with Gasteiger partial charge in [0.1, 0.15) is 18.0 Å². The van der Waals surface area contributed by atoms with Gasteiger partial charge in [-0.15, -0.1) is 0 Å². The minimum absolute atomic E-state index is 0.131. The molecule has 1 aromatic heterocycles. The monoisotopic (exact) mass is 432 g/mol. The van der Waals surface area contributed by atoms with E-state index in [4.69, 9.17) is 4.74 Å². The number of amides is 4. The van der Waals surface area contributed by atoms with Crippen molar-refractivity contribution in [1.82, 2.24) is 14.8 Å². The maximum absolute atomic E-state index is 12.9. The Kier molecular flexibility index (Phi) is 5.68. The van der Waals surface area contributed by atoms with Crippen LogP contribution in [0, 0.1) is 0 Å². The largest absolute Gasteiger partial charge is 0.495 e. The summed E-state index contributed by atoms with van der Waals surface area (Å²) in [5.41, 5.74) is 2.45. The summed E-state index contributed by atoms with van der Waals surface area (Å²) in [7, 11) is 1.50. The van der Waals surface area contributed by atoms with Gasteiger partial charge in [-0.2, -0.15) is 0 Å². The van der Waals surface area contributed by atoms with Crippen LogP contribution in [0.25, 0.3) is 17.0 Å². The molecule has 2 N–H and O–H groups in total. The highest BCUT2D eigenvalue weighted by Crippen LogP contribution is 2.27. The molecule has 0 spiro atoms. The Morgan fingerprint density at radius 3 is 2.59 bits per heavy atom. The van der Waals surface area contributed by atoms with Crippen LogP contribution in [-0.2, 0) is 9.59 Å². The first-order valence-electron chi connectivity index (χ1n) is 10.3. The van der Waals surface area contributed by atoms with Crippen LogP contribution in [0.2, 0.25) is 0 Å². The third kappa shape index (κ3) is 3.94. The van der Waals surface area contributed by atoms with Crippen molar-refractivity contribution >= 4 is 40.5 Å². The van der Waals surface area contributed by atoms with Crippen LogP contribution in [0.3, 0.4) is 0 Å². The Balaban J connectivity index is 1.55. The third-order valence-corrected chi connectivity index (χ3v) is 5.27. The van der Waals surface area contributed by atoms with Crippen molar-refractivity contribution in [3.05, 3.63) is 66.0 Å². The van der Waals surface area contributed by atoms with E-state index in [0.717, 1.165) is 21.4 Å². The molecule has 0 bridgehead atoms. The van der Waals surface area contributed by atoms with Gasteiger partial charge in [0, 0.05) is 28.7 Å². The van der Waals surface area contributed by atoms with Gasteiger partial charge in [0.15, 0.2) is 0 Å². The Morgan fingerprint density at radius 1 is 1.12 bits per heavy atom. The summed E-state index contributed by atoms with van der Waals surface area (Å²) < 4.78 is 7.32. The number of nitrogens with one attached hydrogen (secondary N) is 2. The molecule has 1 fully saturated rings. The quantitative estimate of drug-likeness (QED) is 0.458. The summed E-state index contributed by atoms with van der Waals surface area (Å²) in [4.78, 5) is 38.7. The molecule has 0 radical (unpaired) electrons. The predicted molar refractivity (Wildman–Crippen MR) is 122 cm³/mol. The van der Waals surface area contributed by atoms with E-state index >= 15 is 0 Å². The normalized spacial score (nSPS) is 15.0. The van der Waals surface area contributed by atoms with E-state index in [9.17, 15) is 14.4 Å². The predicted octanol–water partition coefficient (Wildman–Crippen LogP) is 3.76. The number of hydrogen-bond acceptors (Lipinski definition) is 4. The number of urea groups is 1. The maximum atomic E-state index is 12.9. The minimum atomic E-state index is -0.635. The van der Waals surface area contributed by atoms with Gasteiger partial charge in [0.2, 0.25) is 5.91 Å². The fourth-order valence-electron chi connectivity index (χ4n) is 3.73. The van der Waals surface area contributed by atoms with Gasteiger partial charge in [-0.1, -0.05) is 30.3 Å². The second kappa shape index (κ2) is 8.58. The maximum Gasteiger partial charge on any atom is 0.329 e. The van der Waals surface area contributed by atoms with Crippen molar-refractivity contribution < 1.29 is 19.1 Å². The van der Waals surface area contributed by atoms with Crippen LogP contribution in [0.5, 0.6) is 5.75 Å².